The molecule has 0 saturated carbocycles. The van der Waals surface area contributed by atoms with Crippen LogP contribution in [0.1, 0.15) is 33.7 Å². The van der Waals surface area contributed by atoms with Crippen LogP contribution in [0.3, 0.4) is 0 Å². The lowest BCUT2D eigenvalue weighted by Gasteiger charge is -2.33. The second-order valence-electron chi connectivity index (χ2n) is 6.96. The van der Waals surface area contributed by atoms with Crippen molar-refractivity contribution >= 4 is 12.0 Å². The fraction of sp³-hybridized carbons (Fsp3) is 0.381. The zero-order valence-electron chi connectivity index (χ0n) is 15.0. The average Bonchev–Trinajstić information content (AvgIpc) is 3.17. The highest BCUT2D eigenvalue weighted by molar-refractivity contribution is 5.92. The second-order valence-corrected chi connectivity index (χ2v) is 6.96. The minimum atomic E-state index is 0.0201. The number of fused-ring (bicyclic) bond motifs is 1. The van der Waals surface area contributed by atoms with Crippen LogP contribution in [0, 0.1) is 0 Å². The molecule has 5 nitrogen and oxygen atoms in total. The number of benzene rings is 1. The number of carbonyl (C=O) groups is 1. The predicted molar refractivity (Wildman–Crippen MR) is 102 cm³/mol. The number of carbonyl (C=O) groups excluding carboxylic acids is 1. The Morgan fingerprint density at radius 1 is 1.04 bits per heavy atom. The van der Waals surface area contributed by atoms with E-state index in [9.17, 15) is 4.79 Å². The molecule has 1 amide bonds. The van der Waals surface area contributed by atoms with Crippen LogP contribution >= 0.6 is 0 Å². The second kappa shape index (κ2) is 7.79. The Balaban J connectivity index is 1.29. The minimum Gasteiger partial charge on any atom is -0.335 e. The molecule has 1 fully saturated rings. The molecule has 134 valence electrons. The Morgan fingerprint density at radius 3 is 2.65 bits per heavy atom. The van der Waals surface area contributed by atoms with E-state index in [1.165, 1.54) is 11.1 Å². The minimum absolute atomic E-state index is 0.0201. The third kappa shape index (κ3) is 3.83. The van der Waals surface area contributed by atoms with E-state index < -0.39 is 0 Å². The van der Waals surface area contributed by atoms with E-state index in [0.29, 0.717) is 5.69 Å². The van der Waals surface area contributed by atoms with Crippen LogP contribution in [0.25, 0.3) is 6.08 Å². The molecular weight excluding hydrogens is 324 g/mol. The van der Waals surface area contributed by atoms with E-state index in [4.69, 9.17) is 0 Å². The summed E-state index contributed by atoms with van der Waals surface area (Å²) in [5, 5.41) is 8.40. The molecule has 0 spiro atoms. The van der Waals surface area contributed by atoms with Gasteiger partial charge in [-0.05, 0) is 36.5 Å². The lowest BCUT2D eigenvalue weighted by atomic mass is 10.2. The van der Waals surface area contributed by atoms with Crippen LogP contribution in [0.2, 0.25) is 0 Å². The maximum Gasteiger partial charge on any atom is 0.274 e. The first-order valence-electron chi connectivity index (χ1n) is 9.38. The lowest BCUT2D eigenvalue weighted by Crippen LogP contribution is -2.48. The molecule has 0 radical (unpaired) electrons. The lowest BCUT2D eigenvalue weighted by molar-refractivity contribution is 0.0643. The van der Waals surface area contributed by atoms with Crippen molar-refractivity contribution in [2.45, 2.75) is 19.3 Å². The van der Waals surface area contributed by atoms with Gasteiger partial charge in [0.15, 0.2) is 5.69 Å². The highest BCUT2D eigenvalue weighted by Crippen LogP contribution is 2.20. The molecule has 0 unspecified atom stereocenters. The molecule has 26 heavy (non-hydrogen) atoms. The van der Waals surface area contributed by atoms with E-state index in [0.717, 1.165) is 57.7 Å². The third-order valence-corrected chi connectivity index (χ3v) is 5.17. The van der Waals surface area contributed by atoms with Crippen molar-refractivity contribution in [2.24, 2.45) is 0 Å². The number of aromatic nitrogens is 2. The van der Waals surface area contributed by atoms with Crippen LogP contribution in [-0.2, 0) is 12.8 Å². The van der Waals surface area contributed by atoms with Gasteiger partial charge < -0.3 is 4.90 Å². The molecule has 0 atom stereocenters. The number of piperazine rings is 1. The molecule has 2 aromatic rings. The molecule has 0 N–H and O–H groups in total. The topological polar surface area (TPSA) is 49.3 Å². The standard InChI is InChI=1S/C21H24N4O/c26-21(20-16-18-9-4-10-19(18)22-23-20)25-14-12-24(13-15-25)11-5-8-17-6-2-1-3-7-17/h1-3,5-8,16H,4,9-15H2/b8-5+. The first-order valence-corrected chi connectivity index (χ1v) is 9.38. The number of hydrogen-bond donors (Lipinski definition) is 0. The van der Waals surface area contributed by atoms with Gasteiger partial charge >= 0.3 is 0 Å². The molecule has 2 aliphatic rings. The maximum absolute atomic E-state index is 12.7. The molecule has 1 aliphatic heterocycles. The predicted octanol–water partition coefficient (Wildman–Crippen LogP) is 2.44. The Bertz CT molecular complexity index is 795. The maximum atomic E-state index is 12.7. The van der Waals surface area contributed by atoms with Crippen molar-refractivity contribution in [1.82, 2.24) is 20.0 Å². The van der Waals surface area contributed by atoms with Gasteiger partial charge in [-0.3, -0.25) is 9.69 Å². The summed E-state index contributed by atoms with van der Waals surface area (Å²) >= 11 is 0. The van der Waals surface area contributed by atoms with Gasteiger partial charge in [0.05, 0.1) is 5.69 Å². The smallest absolute Gasteiger partial charge is 0.274 e. The summed E-state index contributed by atoms with van der Waals surface area (Å²) in [6.45, 7) is 4.19. The van der Waals surface area contributed by atoms with Gasteiger partial charge in [-0.25, -0.2) is 0 Å². The zero-order chi connectivity index (χ0) is 17.8. The molecule has 1 aromatic heterocycles. The molecule has 1 aliphatic carbocycles. The summed E-state index contributed by atoms with van der Waals surface area (Å²) < 4.78 is 0. The summed E-state index contributed by atoms with van der Waals surface area (Å²) in [7, 11) is 0. The number of amides is 1. The van der Waals surface area contributed by atoms with E-state index in [1.54, 1.807) is 0 Å². The normalized spacial score (nSPS) is 17.6. The Labute approximate surface area is 154 Å². The van der Waals surface area contributed by atoms with Gasteiger partial charge in [0.2, 0.25) is 0 Å². The van der Waals surface area contributed by atoms with Gasteiger partial charge in [0, 0.05) is 32.7 Å². The first kappa shape index (κ1) is 16.9. The quantitative estimate of drug-likeness (QED) is 0.852. The monoisotopic (exact) mass is 348 g/mol. The number of rotatable bonds is 4. The summed E-state index contributed by atoms with van der Waals surface area (Å²) in [6.07, 6.45) is 7.48. The van der Waals surface area contributed by atoms with Crippen LogP contribution < -0.4 is 0 Å². The van der Waals surface area contributed by atoms with Crippen molar-refractivity contribution in [1.29, 1.82) is 0 Å². The van der Waals surface area contributed by atoms with Crippen LogP contribution in [0.5, 0.6) is 0 Å². The largest absolute Gasteiger partial charge is 0.335 e. The Morgan fingerprint density at radius 2 is 1.85 bits per heavy atom. The van der Waals surface area contributed by atoms with Crippen LogP contribution in [-0.4, -0.2) is 58.6 Å². The molecule has 4 rings (SSSR count). The number of nitrogens with zero attached hydrogens (tertiary/aromatic N) is 4. The van der Waals surface area contributed by atoms with E-state index >= 15 is 0 Å². The van der Waals surface area contributed by atoms with Crippen molar-refractivity contribution in [3.8, 4) is 0 Å². The fourth-order valence-electron chi connectivity index (χ4n) is 3.63. The van der Waals surface area contributed by atoms with Crippen molar-refractivity contribution < 1.29 is 4.79 Å². The van der Waals surface area contributed by atoms with E-state index in [2.05, 4.69) is 39.4 Å². The average molecular weight is 348 g/mol. The van der Waals surface area contributed by atoms with Gasteiger partial charge in [-0.15, -0.1) is 5.10 Å². The molecule has 5 heteroatoms. The van der Waals surface area contributed by atoms with Gasteiger partial charge in [0.25, 0.3) is 5.91 Å². The van der Waals surface area contributed by atoms with Gasteiger partial charge in [0.1, 0.15) is 0 Å². The highest BCUT2D eigenvalue weighted by Gasteiger charge is 2.24. The van der Waals surface area contributed by atoms with Crippen molar-refractivity contribution in [2.75, 3.05) is 32.7 Å². The molecular formula is C21H24N4O. The molecule has 1 aromatic carbocycles. The summed E-state index contributed by atoms with van der Waals surface area (Å²) in [4.78, 5) is 17.0. The highest BCUT2D eigenvalue weighted by atomic mass is 16.2. The Hall–Kier alpha value is -2.53. The number of aryl methyl sites for hydroxylation is 2. The SMILES string of the molecule is O=C(c1cc2c(nn1)CCC2)N1CCN(C/C=C/c2ccccc2)CC1. The van der Waals surface area contributed by atoms with Crippen molar-refractivity contribution in [3.63, 3.8) is 0 Å². The summed E-state index contributed by atoms with van der Waals surface area (Å²) in [5.41, 5.74) is 3.99. The third-order valence-electron chi connectivity index (χ3n) is 5.17. The van der Waals surface area contributed by atoms with E-state index in [-0.39, 0.29) is 5.91 Å². The van der Waals surface area contributed by atoms with Gasteiger partial charge in [-0.2, -0.15) is 5.10 Å². The number of hydrogen-bond acceptors (Lipinski definition) is 4. The van der Waals surface area contributed by atoms with Crippen LogP contribution in [0.4, 0.5) is 0 Å². The van der Waals surface area contributed by atoms with Crippen molar-refractivity contribution in [3.05, 3.63) is 65.0 Å². The summed E-state index contributed by atoms with van der Waals surface area (Å²) in [6, 6.07) is 12.3. The van der Waals surface area contributed by atoms with Gasteiger partial charge in [-0.1, -0.05) is 42.5 Å². The zero-order valence-corrected chi connectivity index (χ0v) is 15.0. The first-order chi connectivity index (χ1) is 12.8. The molecule has 0 bridgehead atoms. The summed E-state index contributed by atoms with van der Waals surface area (Å²) in [5.74, 6) is 0.0201. The molecule has 1 saturated heterocycles. The van der Waals surface area contributed by atoms with Crippen LogP contribution in [0.15, 0.2) is 42.5 Å². The fourth-order valence-corrected chi connectivity index (χ4v) is 3.63. The van der Waals surface area contributed by atoms with E-state index in [1.807, 2.05) is 29.2 Å². The Kier molecular flexibility index (Phi) is 5.07. The molecule has 2 heterocycles.